The molecular weight excluding hydrogens is 202 g/mol. The van der Waals surface area contributed by atoms with E-state index < -0.39 is 0 Å². The molecule has 0 saturated heterocycles. The van der Waals surface area contributed by atoms with Crippen molar-refractivity contribution >= 4 is 0 Å². The van der Waals surface area contributed by atoms with Crippen LogP contribution in [0.2, 0.25) is 0 Å². The smallest absolute Gasteiger partial charge is 0.161 e. The van der Waals surface area contributed by atoms with Crippen LogP contribution in [0.25, 0.3) is 0 Å². The van der Waals surface area contributed by atoms with Crippen LogP contribution < -0.4 is 14.8 Å². The van der Waals surface area contributed by atoms with Gasteiger partial charge in [-0.25, -0.2) is 0 Å². The molecule has 3 nitrogen and oxygen atoms in total. The number of ether oxygens (including phenoxy) is 2. The maximum atomic E-state index is 5.58. The predicted molar refractivity (Wildman–Crippen MR) is 66.1 cm³/mol. The standard InChI is InChI=1S/C13H19NO2/c1-4-5-8-16-12-7-6-11(10-14-2)9-13(12)15-3/h4,6-7,9,14H,1,5,8,10H2,2-3H3. The number of rotatable bonds is 7. The first-order valence-corrected chi connectivity index (χ1v) is 5.37. The lowest BCUT2D eigenvalue weighted by molar-refractivity contribution is 0.299. The average molecular weight is 221 g/mol. The first-order valence-electron chi connectivity index (χ1n) is 5.37. The minimum Gasteiger partial charge on any atom is -0.493 e. The highest BCUT2D eigenvalue weighted by Gasteiger charge is 2.04. The normalized spacial score (nSPS) is 9.88. The van der Waals surface area contributed by atoms with Gasteiger partial charge in [-0.15, -0.1) is 6.58 Å². The fourth-order valence-corrected chi connectivity index (χ4v) is 1.40. The Morgan fingerprint density at radius 2 is 2.19 bits per heavy atom. The first-order chi connectivity index (χ1) is 7.81. The summed E-state index contributed by atoms with van der Waals surface area (Å²) >= 11 is 0. The van der Waals surface area contributed by atoms with Crippen molar-refractivity contribution in [2.24, 2.45) is 0 Å². The van der Waals surface area contributed by atoms with E-state index in [1.807, 2.05) is 31.3 Å². The molecule has 0 spiro atoms. The van der Waals surface area contributed by atoms with Gasteiger partial charge < -0.3 is 14.8 Å². The highest BCUT2D eigenvalue weighted by atomic mass is 16.5. The van der Waals surface area contributed by atoms with Crippen molar-refractivity contribution in [3.8, 4) is 11.5 Å². The van der Waals surface area contributed by atoms with E-state index in [1.54, 1.807) is 7.11 Å². The summed E-state index contributed by atoms with van der Waals surface area (Å²) in [7, 11) is 3.57. The number of methoxy groups -OCH3 is 1. The second-order valence-electron chi connectivity index (χ2n) is 3.44. The highest BCUT2D eigenvalue weighted by molar-refractivity contribution is 5.42. The van der Waals surface area contributed by atoms with Gasteiger partial charge in [0, 0.05) is 6.54 Å². The van der Waals surface area contributed by atoms with Crippen molar-refractivity contribution in [3.63, 3.8) is 0 Å². The molecule has 3 heteroatoms. The molecule has 0 radical (unpaired) electrons. The molecule has 0 heterocycles. The Hall–Kier alpha value is -1.48. The molecule has 0 aromatic heterocycles. The van der Waals surface area contributed by atoms with Crippen LogP contribution in [0.1, 0.15) is 12.0 Å². The van der Waals surface area contributed by atoms with Crippen LogP contribution in [0.5, 0.6) is 11.5 Å². The van der Waals surface area contributed by atoms with Crippen molar-refractivity contribution in [2.45, 2.75) is 13.0 Å². The lowest BCUT2D eigenvalue weighted by Crippen LogP contribution is -2.05. The Bertz CT molecular complexity index is 337. The van der Waals surface area contributed by atoms with Crippen LogP contribution in [-0.4, -0.2) is 20.8 Å². The highest BCUT2D eigenvalue weighted by Crippen LogP contribution is 2.28. The summed E-state index contributed by atoms with van der Waals surface area (Å²) in [5.74, 6) is 1.56. The topological polar surface area (TPSA) is 30.5 Å². The van der Waals surface area contributed by atoms with Gasteiger partial charge in [0.2, 0.25) is 0 Å². The Morgan fingerprint density at radius 3 is 2.81 bits per heavy atom. The van der Waals surface area contributed by atoms with E-state index in [4.69, 9.17) is 9.47 Å². The van der Waals surface area contributed by atoms with Gasteiger partial charge in [-0.3, -0.25) is 0 Å². The van der Waals surface area contributed by atoms with Gasteiger partial charge in [-0.2, -0.15) is 0 Å². The summed E-state index contributed by atoms with van der Waals surface area (Å²) in [6.45, 7) is 5.11. The SMILES string of the molecule is C=CCCOc1ccc(CNC)cc1OC. The maximum absolute atomic E-state index is 5.58. The third-order valence-corrected chi connectivity index (χ3v) is 2.19. The van der Waals surface area contributed by atoms with Crippen molar-refractivity contribution in [3.05, 3.63) is 36.4 Å². The molecule has 16 heavy (non-hydrogen) atoms. The fourth-order valence-electron chi connectivity index (χ4n) is 1.40. The zero-order valence-electron chi connectivity index (χ0n) is 9.95. The summed E-state index contributed by atoms with van der Waals surface area (Å²) in [6, 6.07) is 5.95. The number of benzene rings is 1. The van der Waals surface area contributed by atoms with Gasteiger partial charge in [-0.1, -0.05) is 12.1 Å². The zero-order chi connectivity index (χ0) is 11.8. The summed E-state index contributed by atoms with van der Waals surface area (Å²) in [5, 5.41) is 3.10. The van der Waals surface area contributed by atoms with Crippen LogP contribution in [0.3, 0.4) is 0 Å². The Kier molecular flexibility index (Phi) is 5.43. The largest absolute Gasteiger partial charge is 0.493 e. The van der Waals surface area contributed by atoms with Gasteiger partial charge >= 0.3 is 0 Å². The zero-order valence-corrected chi connectivity index (χ0v) is 9.95. The van der Waals surface area contributed by atoms with E-state index in [-0.39, 0.29) is 0 Å². The molecule has 0 unspecified atom stereocenters. The van der Waals surface area contributed by atoms with Gasteiger partial charge in [0.05, 0.1) is 13.7 Å². The third-order valence-electron chi connectivity index (χ3n) is 2.19. The molecule has 1 N–H and O–H groups in total. The van der Waals surface area contributed by atoms with Crippen LogP contribution in [0.15, 0.2) is 30.9 Å². The molecule has 1 aromatic carbocycles. The minimum absolute atomic E-state index is 0.630. The lowest BCUT2D eigenvalue weighted by atomic mass is 10.2. The Morgan fingerprint density at radius 1 is 1.38 bits per heavy atom. The van der Waals surface area contributed by atoms with Crippen LogP contribution in [-0.2, 0) is 6.54 Å². The fraction of sp³-hybridized carbons (Fsp3) is 0.385. The number of nitrogens with one attached hydrogen (secondary N) is 1. The minimum atomic E-state index is 0.630. The van der Waals surface area contributed by atoms with Crippen molar-refractivity contribution in [1.29, 1.82) is 0 Å². The second-order valence-corrected chi connectivity index (χ2v) is 3.44. The summed E-state index contributed by atoms with van der Waals surface area (Å²) < 4.78 is 10.9. The maximum Gasteiger partial charge on any atom is 0.161 e. The molecule has 0 fully saturated rings. The summed E-state index contributed by atoms with van der Waals surface area (Å²) in [6.07, 6.45) is 2.67. The summed E-state index contributed by atoms with van der Waals surface area (Å²) in [4.78, 5) is 0. The van der Waals surface area contributed by atoms with Crippen molar-refractivity contribution in [1.82, 2.24) is 5.32 Å². The van der Waals surface area contributed by atoms with Gasteiger partial charge in [0.25, 0.3) is 0 Å². The molecule has 1 rings (SSSR count). The Balaban J connectivity index is 2.72. The second kappa shape index (κ2) is 6.90. The molecule has 0 bridgehead atoms. The summed E-state index contributed by atoms with van der Waals surface area (Å²) in [5.41, 5.74) is 1.18. The van der Waals surface area contributed by atoms with E-state index >= 15 is 0 Å². The van der Waals surface area contributed by atoms with Crippen molar-refractivity contribution in [2.75, 3.05) is 20.8 Å². The van der Waals surface area contributed by atoms with Gasteiger partial charge in [-0.05, 0) is 31.2 Å². The van der Waals surface area contributed by atoms with E-state index in [0.29, 0.717) is 6.61 Å². The third kappa shape index (κ3) is 3.59. The first kappa shape index (κ1) is 12.6. The van der Waals surface area contributed by atoms with E-state index in [1.165, 1.54) is 5.56 Å². The predicted octanol–water partition coefficient (Wildman–Crippen LogP) is 2.37. The Labute approximate surface area is 97.1 Å². The lowest BCUT2D eigenvalue weighted by Gasteiger charge is -2.11. The van der Waals surface area contributed by atoms with E-state index in [2.05, 4.69) is 11.9 Å². The number of hydrogen-bond donors (Lipinski definition) is 1. The number of hydrogen-bond acceptors (Lipinski definition) is 3. The molecular formula is C13H19NO2. The van der Waals surface area contributed by atoms with Crippen molar-refractivity contribution < 1.29 is 9.47 Å². The molecule has 0 amide bonds. The van der Waals surface area contributed by atoms with E-state index in [0.717, 1.165) is 24.5 Å². The van der Waals surface area contributed by atoms with Gasteiger partial charge in [0.1, 0.15) is 0 Å². The van der Waals surface area contributed by atoms with Crippen LogP contribution in [0.4, 0.5) is 0 Å². The molecule has 0 aliphatic heterocycles. The molecule has 1 aromatic rings. The molecule has 0 saturated carbocycles. The molecule has 0 aliphatic carbocycles. The molecule has 0 aliphatic rings. The molecule has 0 atom stereocenters. The monoisotopic (exact) mass is 221 g/mol. The van der Waals surface area contributed by atoms with Crippen LogP contribution in [0, 0.1) is 0 Å². The van der Waals surface area contributed by atoms with Crippen LogP contribution >= 0.6 is 0 Å². The molecule has 88 valence electrons. The quantitative estimate of drug-likeness (QED) is 0.566. The van der Waals surface area contributed by atoms with E-state index in [9.17, 15) is 0 Å². The average Bonchev–Trinajstić information content (AvgIpc) is 2.31. The van der Waals surface area contributed by atoms with Gasteiger partial charge in [0.15, 0.2) is 11.5 Å².